The lowest BCUT2D eigenvalue weighted by molar-refractivity contribution is -0.147. The molecule has 0 aliphatic carbocycles. The number of nitrogens with two attached hydrogens (primary N) is 1. The highest BCUT2D eigenvalue weighted by Crippen LogP contribution is 2.14. The van der Waals surface area contributed by atoms with E-state index < -0.39 is 12.0 Å². The van der Waals surface area contributed by atoms with E-state index in [4.69, 9.17) is 10.5 Å². The number of carbonyl (C=O) groups is 3. The predicted octanol–water partition coefficient (Wildman–Crippen LogP) is 13.2. The van der Waals surface area contributed by atoms with E-state index in [0.717, 1.165) is 109 Å². The molecule has 0 fully saturated rings. The lowest BCUT2D eigenvalue weighted by Gasteiger charge is -2.15. The Morgan fingerprint density at radius 3 is 1.52 bits per heavy atom. The average molecular weight is 803 g/mol. The van der Waals surface area contributed by atoms with Crippen molar-refractivity contribution in [2.75, 3.05) is 6.54 Å². The zero-order valence-corrected chi connectivity index (χ0v) is 36.6. The predicted molar refractivity (Wildman–Crippen MR) is 248 cm³/mol. The number of hydrogen-bond acceptors (Lipinski definition) is 5. The van der Waals surface area contributed by atoms with Crippen molar-refractivity contribution in [1.29, 1.82) is 0 Å². The van der Waals surface area contributed by atoms with E-state index in [1.807, 2.05) is 6.08 Å². The molecule has 0 spiro atoms. The Kier molecular flexibility index (Phi) is 41.1. The molecule has 0 aliphatic rings. The molecule has 1 amide bonds. The normalized spacial score (nSPS) is 13.7. The van der Waals surface area contributed by atoms with Gasteiger partial charge in [-0.1, -0.05) is 149 Å². The summed E-state index contributed by atoms with van der Waals surface area (Å²) in [6.07, 6.45) is 61.5. The third kappa shape index (κ3) is 40.2. The number of ether oxygens (including phenoxy) is 1. The molecule has 0 aromatic heterocycles. The molecule has 0 aliphatic heterocycles. The molecular formula is C51H82N2O5. The minimum absolute atomic E-state index is 0.140. The first kappa shape index (κ1) is 54.0. The molecule has 7 heteroatoms. The maximum atomic E-state index is 12.8. The number of aliphatic carboxylic acids is 1. The fourth-order valence-corrected chi connectivity index (χ4v) is 5.91. The highest BCUT2D eigenvalue weighted by molar-refractivity contribution is 5.83. The zero-order valence-electron chi connectivity index (χ0n) is 36.6. The molecule has 0 rings (SSSR count). The molecule has 7 nitrogen and oxygen atoms in total. The second kappa shape index (κ2) is 44.1. The maximum Gasteiger partial charge on any atom is 0.326 e. The van der Waals surface area contributed by atoms with Crippen molar-refractivity contribution in [3.8, 4) is 0 Å². The third-order valence-electron chi connectivity index (χ3n) is 9.31. The lowest BCUT2D eigenvalue weighted by Crippen LogP contribution is -2.40. The fraction of sp³-hybridized carbons (Fsp3) is 0.588. The SMILES string of the molecule is CC/C=C\C/C=C\C/C=C\C/C=C\C/C=C\C/C=C\CCCCC(=O)OC(/C=C\C/C=C\C/C=C\CCCCC)CCCCCCCC(=O)NC(CCCN)C(=O)O. The Bertz CT molecular complexity index is 1270. The quantitative estimate of drug-likeness (QED) is 0.0323. The van der Waals surface area contributed by atoms with E-state index in [-0.39, 0.29) is 18.0 Å². The van der Waals surface area contributed by atoms with Crippen molar-refractivity contribution >= 4 is 17.8 Å². The first-order valence-corrected chi connectivity index (χ1v) is 22.7. The summed E-state index contributed by atoms with van der Waals surface area (Å²) in [6.45, 7) is 4.78. The van der Waals surface area contributed by atoms with Crippen LogP contribution in [0, 0.1) is 0 Å². The van der Waals surface area contributed by atoms with Gasteiger partial charge >= 0.3 is 11.9 Å². The minimum Gasteiger partial charge on any atom is -0.480 e. The lowest BCUT2D eigenvalue weighted by atomic mass is 10.1. The van der Waals surface area contributed by atoms with Crippen LogP contribution in [-0.2, 0) is 19.1 Å². The van der Waals surface area contributed by atoms with Crippen molar-refractivity contribution < 1.29 is 24.2 Å². The van der Waals surface area contributed by atoms with Crippen LogP contribution >= 0.6 is 0 Å². The highest BCUT2D eigenvalue weighted by atomic mass is 16.5. The van der Waals surface area contributed by atoms with Crippen LogP contribution in [0.5, 0.6) is 0 Å². The fourth-order valence-electron chi connectivity index (χ4n) is 5.91. The molecule has 0 aromatic rings. The molecule has 58 heavy (non-hydrogen) atoms. The van der Waals surface area contributed by atoms with Gasteiger partial charge in [0, 0.05) is 12.8 Å². The summed E-state index contributed by atoms with van der Waals surface area (Å²) in [5, 5.41) is 11.9. The van der Waals surface area contributed by atoms with Crippen LogP contribution in [-0.4, -0.2) is 41.6 Å². The molecule has 2 unspecified atom stereocenters. The number of carboxylic acids is 1. The molecule has 326 valence electrons. The Balaban J connectivity index is 4.49. The van der Waals surface area contributed by atoms with E-state index in [0.29, 0.717) is 38.6 Å². The van der Waals surface area contributed by atoms with Gasteiger partial charge in [0.15, 0.2) is 0 Å². The number of amides is 1. The van der Waals surface area contributed by atoms with Crippen LogP contribution < -0.4 is 11.1 Å². The first-order chi connectivity index (χ1) is 28.4. The molecule has 0 saturated carbocycles. The Morgan fingerprint density at radius 1 is 0.534 bits per heavy atom. The minimum atomic E-state index is -1.02. The zero-order chi connectivity index (χ0) is 42.4. The van der Waals surface area contributed by atoms with Crippen LogP contribution in [0.25, 0.3) is 0 Å². The number of esters is 1. The molecule has 0 aromatic carbocycles. The summed E-state index contributed by atoms with van der Waals surface area (Å²) in [5.74, 6) is -1.39. The van der Waals surface area contributed by atoms with Gasteiger partial charge in [0.2, 0.25) is 5.91 Å². The van der Waals surface area contributed by atoms with Crippen molar-refractivity contribution in [3.63, 3.8) is 0 Å². The van der Waals surface area contributed by atoms with Crippen LogP contribution in [0.4, 0.5) is 0 Å². The summed E-state index contributed by atoms with van der Waals surface area (Å²) in [4.78, 5) is 36.4. The van der Waals surface area contributed by atoms with E-state index in [2.05, 4.69) is 122 Å². The first-order valence-electron chi connectivity index (χ1n) is 22.7. The molecule has 0 bridgehead atoms. The van der Waals surface area contributed by atoms with Gasteiger partial charge in [-0.3, -0.25) is 9.59 Å². The molecule has 0 saturated heterocycles. The molecule has 2 atom stereocenters. The van der Waals surface area contributed by atoms with E-state index >= 15 is 0 Å². The van der Waals surface area contributed by atoms with Crippen molar-refractivity contribution in [1.82, 2.24) is 5.32 Å². The second-order valence-electron chi connectivity index (χ2n) is 14.7. The van der Waals surface area contributed by atoms with Crippen LogP contribution in [0.3, 0.4) is 0 Å². The van der Waals surface area contributed by atoms with Crippen molar-refractivity contribution in [2.45, 2.75) is 187 Å². The van der Waals surface area contributed by atoms with E-state index in [1.165, 1.54) is 19.3 Å². The Morgan fingerprint density at radius 2 is 1.00 bits per heavy atom. The maximum absolute atomic E-state index is 12.8. The van der Waals surface area contributed by atoms with Gasteiger partial charge in [-0.05, 0) is 128 Å². The third-order valence-corrected chi connectivity index (χ3v) is 9.31. The number of carbonyl (C=O) groups excluding carboxylic acids is 2. The Labute approximate surface area is 354 Å². The molecule has 4 N–H and O–H groups in total. The summed E-state index contributed by atoms with van der Waals surface area (Å²) in [5.41, 5.74) is 5.48. The summed E-state index contributed by atoms with van der Waals surface area (Å²) in [7, 11) is 0. The number of allylic oxidation sites excluding steroid dienone is 17. The molecule has 0 heterocycles. The number of rotatable bonds is 39. The van der Waals surface area contributed by atoms with Gasteiger partial charge in [0.25, 0.3) is 0 Å². The number of hydrogen-bond donors (Lipinski definition) is 3. The standard InChI is InChI=1S/C51H82N2O5/c1-3-5-7-9-11-13-15-16-17-18-19-20-21-22-23-24-26-28-30-35-39-45-50(55)58-47(41-36-32-29-27-25-14-12-10-8-6-4-2)42-37-33-31-34-38-44-49(54)53-48(51(56)57)43-40-46-52/h5,7,11-14,16-17,19-20,22-23,26-29,36,41,47-48H,3-4,6,8-10,15,18,21,24-25,30-35,37-40,42-46,52H2,1-2H3,(H,53,54)(H,56,57)/b7-5-,13-11-,14-12-,17-16-,20-19-,23-22-,28-26-,29-27-,41-36-. The van der Waals surface area contributed by atoms with Crippen LogP contribution in [0.15, 0.2) is 109 Å². The largest absolute Gasteiger partial charge is 0.480 e. The van der Waals surface area contributed by atoms with Crippen molar-refractivity contribution in [2.24, 2.45) is 5.73 Å². The van der Waals surface area contributed by atoms with Gasteiger partial charge in [-0.2, -0.15) is 0 Å². The second-order valence-corrected chi connectivity index (χ2v) is 14.7. The van der Waals surface area contributed by atoms with Gasteiger partial charge < -0.3 is 20.9 Å². The number of carboxylic acid groups (broad SMARTS) is 1. The molecular weight excluding hydrogens is 721 g/mol. The van der Waals surface area contributed by atoms with Crippen molar-refractivity contribution in [3.05, 3.63) is 109 Å². The van der Waals surface area contributed by atoms with E-state index in [1.54, 1.807) is 0 Å². The highest BCUT2D eigenvalue weighted by Gasteiger charge is 2.18. The van der Waals surface area contributed by atoms with Gasteiger partial charge in [-0.15, -0.1) is 0 Å². The van der Waals surface area contributed by atoms with Gasteiger partial charge in [-0.25, -0.2) is 4.79 Å². The summed E-state index contributed by atoms with van der Waals surface area (Å²) >= 11 is 0. The number of unbranched alkanes of at least 4 members (excludes halogenated alkanes) is 9. The van der Waals surface area contributed by atoms with E-state index in [9.17, 15) is 19.5 Å². The van der Waals surface area contributed by atoms with Gasteiger partial charge in [0.1, 0.15) is 12.1 Å². The number of nitrogens with one attached hydrogen (secondary N) is 1. The smallest absolute Gasteiger partial charge is 0.326 e. The van der Waals surface area contributed by atoms with Gasteiger partial charge in [0.05, 0.1) is 0 Å². The summed E-state index contributed by atoms with van der Waals surface area (Å²) in [6, 6.07) is -0.876. The molecule has 0 radical (unpaired) electrons. The van der Waals surface area contributed by atoms with Crippen LogP contribution in [0.2, 0.25) is 0 Å². The monoisotopic (exact) mass is 803 g/mol. The summed E-state index contributed by atoms with van der Waals surface area (Å²) < 4.78 is 5.92. The van der Waals surface area contributed by atoms with Crippen LogP contribution in [0.1, 0.15) is 174 Å². The topological polar surface area (TPSA) is 119 Å². The average Bonchev–Trinajstić information content (AvgIpc) is 3.21. The Hall–Kier alpha value is -3.97.